The van der Waals surface area contributed by atoms with Gasteiger partial charge in [0.1, 0.15) is 23.0 Å². The Morgan fingerprint density at radius 2 is 0.781 bits per heavy atom. The summed E-state index contributed by atoms with van der Waals surface area (Å²) in [6.45, 7) is 8.63. The van der Waals surface area contributed by atoms with E-state index >= 15 is 0 Å². The van der Waals surface area contributed by atoms with Gasteiger partial charge in [-0.15, -0.1) is 0 Å². The van der Waals surface area contributed by atoms with Crippen molar-refractivity contribution in [3.05, 3.63) is 167 Å². The standard InChI is InChI=1S/C58H34B2N2O2/c1-29-11-9-12-30(2)51(29)35-23-37-41-19-33(27-61)21-49-57(41)60(44-16-6-8-18-48(44)63-49)46-26-40-36(52-31(3)13-10-14-32(52)4)24-38-42-20-34(28-62)22-50-58(42)59(43-15-5-7-17-47(43)64-50)45-25-39(35)55(53(37)46)56(40)54(38)45/h5-26H,1-4H3. The first-order valence-corrected chi connectivity index (χ1v) is 22.0. The van der Waals surface area contributed by atoms with E-state index < -0.39 is 0 Å². The zero-order valence-electron chi connectivity index (χ0n) is 35.6. The molecule has 0 spiro atoms. The Labute approximate surface area is 371 Å². The first kappa shape index (κ1) is 35.5. The van der Waals surface area contributed by atoms with Crippen LogP contribution in [0, 0.1) is 50.4 Å². The lowest BCUT2D eigenvalue weighted by Crippen LogP contribution is -2.58. The van der Waals surface area contributed by atoms with Crippen LogP contribution in [0.15, 0.2) is 133 Å². The Hall–Kier alpha value is -8.05. The lowest BCUT2D eigenvalue weighted by molar-refractivity contribution is 0.487. The van der Waals surface area contributed by atoms with Crippen LogP contribution in [0.2, 0.25) is 0 Å². The average molecular weight is 813 g/mol. The maximum atomic E-state index is 10.6. The number of ether oxygens (including phenoxy) is 2. The lowest BCUT2D eigenvalue weighted by Gasteiger charge is -2.37. The summed E-state index contributed by atoms with van der Waals surface area (Å²) < 4.78 is 13.6. The van der Waals surface area contributed by atoms with Crippen LogP contribution < -0.4 is 42.3 Å². The first-order chi connectivity index (χ1) is 31.3. The van der Waals surface area contributed by atoms with Crippen molar-refractivity contribution in [3.8, 4) is 79.6 Å². The molecule has 0 bridgehead atoms. The van der Waals surface area contributed by atoms with Crippen LogP contribution in [0.1, 0.15) is 33.4 Å². The van der Waals surface area contributed by atoms with Crippen molar-refractivity contribution in [2.45, 2.75) is 27.7 Å². The number of nitrogens with zero attached hydrogens (tertiary/aromatic N) is 2. The number of para-hydroxylation sites is 2. The maximum Gasteiger partial charge on any atom is 0.252 e. The molecular weight excluding hydrogens is 778 g/mol. The molecule has 0 radical (unpaired) electrons. The van der Waals surface area contributed by atoms with Crippen molar-refractivity contribution >= 4 is 78.5 Å². The Morgan fingerprint density at radius 3 is 1.19 bits per heavy atom. The molecule has 0 unspecified atom stereocenters. The van der Waals surface area contributed by atoms with Gasteiger partial charge in [-0.25, -0.2) is 0 Å². The number of rotatable bonds is 2. The summed E-state index contributed by atoms with van der Waals surface area (Å²) >= 11 is 0. The van der Waals surface area contributed by atoms with Gasteiger partial charge < -0.3 is 9.47 Å². The number of aryl methyl sites for hydroxylation is 4. The van der Waals surface area contributed by atoms with Gasteiger partial charge in [0.2, 0.25) is 0 Å². The zero-order chi connectivity index (χ0) is 42.9. The third-order valence-electron chi connectivity index (χ3n) is 14.9. The first-order valence-electron chi connectivity index (χ1n) is 22.0. The Morgan fingerprint density at radius 1 is 0.375 bits per heavy atom. The second kappa shape index (κ2) is 12.3. The van der Waals surface area contributed by atoms with E-state index in [0.717, 1.165) is 67.1 Å². The summed E-state index contributed by atoms with van der Waals surface area (Å²) in [5.74, 6) is 3.11. The van der Waals surface area contributed by atoms with E-state index in [2.05, 4.69) is 149 Å². The summed E-state index contributed by atoms with van der Waals surface area (Å²) in [6.07, 6.45) is 0. The number of hydrogen-bond acceptors (Lipinski definition) is 4. The number of hydrogen-bond donors (Lipinski definition) is 0. The molecule has 0 atom stereocenters. The van der Waals surface area contributed by atoms with Crippen LogP contribution in [-0.4, -0.2) is 13.4 Å². The Kier molecular flexibility index (Phi) is 6.84. The third kappa shape index (κ3) is 4.37. The summed E-state index contributed by atoms with van der Waals surface area (Å²) in [6, 6.07) is 52.9. The molecule has 14 rings (SSSR count). The average Bonchev–Trinajstić information content (AvgIpc) is 3.31. The van der Waals surface area contributed by atoms with Crippen molar-refractivity contribution in [1.82, 2.24) is 0 Å². The molecule has 0 aliphatic carbocycles. The molecule has 0 N–H and O–H groups in total. The molecule has 0 amide bonds. The fourth-order valence-electron chi connectivity index (χ4n) is 12.5. The highest BCUT2D eigenvalue weighted by Gasteiger charge is 2.44. The largest absolute Gasteiger partial charge is 0.458 e. The summed E-state index contributed by atoms with van der Waals surface area (Å²) in [7, 11) is 0. The predicted octanol–water partition coefficient (Wildman–Crippen LogP) is 10.1. The van der Waals surface area contributed by atoms with Gasteiger partial charge in [-0.3, -0.25) is 0 Å². The van der Waals surface area contributed by atoms with Crippen LogP contribution in [0.4, 0.5) is 0 Å². The molecule has 10 aromatic rings. The second-order valence-corrected chi connectivity index (χ2v) is 18.2. The minimum atomic E-state index is -0.130. The van der Waals surface area contributed by atoms with E-state index in [-0.39, 0.29) is 13.4 Å². The summed E-state index contributed by atoms with van der Waals surface area (Å²) in [5, 5.41) is 28.4. The van der Waals surface area contributed by atoms with E-state index in [0.29, 0.717) is 11.1 Å². The summed E-state index contributed by atoms with van der Waals surface area (Å²) in [4.78, 5) is 0. The van der Waals surface area contributed by atoms with E-state index in [4.69, 9.17) is 9.47 Å². The second-order valence-electron chi connectivity index (χ2n) is 18.2. The molecule has 64 heavy (non-hydrogen) atoms. The highest BCUT2D eigenvalue weighted by molar-refractivity contribution is 7.01. The van der Waals surface area contributed by atoms with Crippen LogP contribution >= 0.6 is 0 Å². The van der Waals surface area contributed by atoms with Gasteiger partial charge in [0, 0.05) is 0 Å². The van der Waals surface area contributed by atoms with E-state index in [1.807, 2.05) is 24.3 Å². The predicted molar refractivity (Wildman–Crippen MR) is 263 cm³/mol. The maximum absolute atomic E-state index is 10.6. The van der Waals surface area contributed by atoms with Gasteiger partial charge >= 0.3 is 0 Å². The molecule has 6 heteroatoms. The van der Waals surface area contributed by atoms with Gasteiger partial charge in [0.15, 0.2) is 0 Å². The molecule has 0 saturated heterocycles. The third-order valence-corrected chi connectivity index (χ3v) is 14.9. The van der Waals surface area contributed by atoms with E-state index in [9.17, 15) is 10.5 Å². The van der Waals surface area contributed by atoms with Crippen molar-refractivity contribution in [2.24, 2.45) is 0 Å². The van der Waals surface area contributed by atoms with Crippen molar-refractivity contribution in [1.29, 1.82) is 10.5 Å². The molecular formula is C58H34B2N2O2. The van der Waals surface area contributed by atoms with Crippen molar-refractivity contribution < 1.29 is 9.47 Å². The van der Waals surface area contributed by atoms with Gasteiger partial charge in [-0.1, -0.05) is 95.9 Å². The smallest absolute Gasteiger partial charge is 0.252 e. The highest BCUT2D eigenvalue weighted by Crippen LogP contribution is 2.52. The lowest BCUT2D eigenvalue weighted by atomic mass is 9.31. The minimum absolute atomic E-state index is 0.130. The number of fused-ring (bicyclic) bond motifs is 8. The quantitative estimate of drug-likeness (QED) is 0.129. The Balaban J connectivity index is 1.28. The van der Waals surface area contributed by atoms with Crippen LogP contribution in [-0.2, 0) is 0 Å². The molecule has 294 valence electrons. The number of benzene rings is 10. The molecule has 4 nitrogen and oxygen atoms in total. The van der Waals surface area contributed by atoms with Crippen LogP contribution in [0.3, 0.4) is 0 Å². The van der Waals surface area contributed by atoms with E-state index in [1.54, 1.807) is 0 Å². The molecule has 0 fully saturated rings. The SMILES string of the molecule is Cc1cccc(C)c1-c1cc2c3c(cc4c(-c5c(C)cccc5C)cc5c6c(cc1c3c46)B1c3ccccc3Oc3cc(C#N)cc-5c31)B1c3ccccc3Oc3cc(C#N)cc-2c31. The molecule has 0 saturated carbocycles. The zero-order valence-corrected chi connectivity index (χ0v) is 35.6. The van der Waals surface area contributed by atoms with Crippen molar-refractivity contribution in [2.75, 3.05) is 0 Å². The number of nitriles is 2. The highest BCUT2D eigenvalue weighted by atomic mass is 16.5. The fourth-order valence-corrected chi connectivity index (χ4v) is 12.5. The van der Waals surface area contributed by atoms with Gasteiger partial charge in [0.25, 0.3) is 13.4 Å². The molecule has 4 aliphatic heterocycles. The molecule has 10 aromatic carbocycles. The normalized spacial score (nSPS) is 13.2. The van der Waals surface area contributed by atoms with Crippen LogP contribution in [0.25, 0.3) is 76.8 Å². The van der Waals surface area contributed by atoms with E-state index in [1.165, 1.54) is 87.8 Å². The minimum Gasteiger partial charge on any atom is -0.458 e. The summed E-state index contributed by atoms with van der Waals surface area (Å²) in [5.41, 5.74) is 22.0. The fraction of sp³-hybridized carbons (Fsp3) is 0.0690. The van der Waals surface area contributed by atoms with Gasteiger partial charge in [-0.2, -0.15) is 10.5 Å². The van der Waals surface area contributed by atoms with Gasteiger partial charge in [0.05, 0.1) is 23.3 Å². The van der Waals surface area contributed by atoms with Gasteiger partial charge in [-0.05, 0) is 197 Å². The molecule has 4 heterocycles. The van der Waals surface area contributed by atoms with Crippen molar-refractivity contribution in [3.63, 3.8) is 0 Å². The molecule has 0 aromatic heterocycles. The van der Waals surface area contributed by atoms with Crippen LogP contribution in [0.5, 0.6) is 23.0 Å². The Bertz CT molecular complexity index is 3650. The monoisotopic (exact) mass is 812 g/mol. The molecule has 4 aliphatic rings. The topological polar surface area (TPSA) is 66.0 Å².